The fraction of sp³-hybridized carbons (Fsp3) is 0.286. The molecular formula is C28H28FN3O3. The summed E-state index contributed by atoms with van der Waals surface area (Å²) >= 11 is 0. The molecule has 0 bridgehead atoms. The summed E-state index contributed by atoms with van der Waals surface area (Å²) in [5.41, 5.74) is 5.76. The van der Waals surface area contributed by atoms with Crippen molar-refractivity contribution in [2.75, 3.05) is 31.1 Å². The summed E-state index contributed by atoms with van der Waals surface area (Å²) in [5.74, 6) is -0.273. The summed E-state index contributed by atoms with van der Waals surface area (Å²) < 4.78 is 24.5. The van der Waals surface area contributed by atoms with Crippen LogP contribution in [0.4, 0.5) is 14.9 Å². The smallest absolute Gasteiger partial charge is 0.410 e. The Balaban J connectivity index is 1.27. The number of piperazine rings is 1. The first-order chi connectivity index (χ1) is 16.8. The number of furan rings is 1. The number of pyridine rings is 1. The molecule has 0 atom stereocenters. The first-order valence-corrected chi connectivity index (χ1v) is 11.7. The van der Waals surface area contributed by atoms with Crippen LogP contribution in [0.3, 0.4) is 0 Å². The van der Waals surface area contributed by atoms with Crippen LogP contribution in [0.2, 0.25) is 0 Å². The number of fused-ring (bicyclic) bond motifs is 1. The molecule has 1 aliphatic rings. The SMILES string of the molecule is CC(C)(C)OC(=O)N1CCN(c2ccc(-c3cnc4c(-c5ccc(F)cc5)coc4c3)cc2)CC1. The second-order valence-corrected chi connectivity index (χ2v) is 9.73. The monoisotopic (exact) mass is 473 g/mol. The molecule has 2 aromatic carbocycles. The third-order valence-electron chi connectivity index (χ3n) is 6.06. The number of ether oxygens (including phenoxy) is 1. The van der Waals surface area contributed by atoms with Gasteiger partial charge in [0.05, 0.1) is 0 Å². The fourth-order valence-corrected chi connectivity index (χ4v) is 4.25. The minimum absolute atomic E-state index is 0.254. The Morgan fingerprint density at radius 2 is 1.60 bits per heavy atom. The van der Waals surface area contributed by atoms with Crippen LogP contribution in [0, 0.1) is 5.82 Å². The summed E-state index contributed by atoms with van der Waals surface area (Å²) in [7, 11) is 0. The van der Waals surface area contributed by atoms with E-state index in [2.05, 4.69) is 34.1 Å². The van der Waals surface area contributed by atoms with Crippen molar-refractivity contribution in [1.29, 1.82) is 0 Å². The summed E-state index contributed by atoms with van der Waals surface area (Å²) in [4.78, 5) is 21.0. The number of anilines is 1. The quantitative estimate of drug-likeness (QED) is 0.347. The number of carbonyl (C=O) groups is 1. The normalized spacial score (nSPS) is 14.4. The number of hydrogen-bond acceptors (Lipinski definition) is 5. The lowest BCUT2D eigenvalue weighted by atomic mass is 10.0. The van der Waals surface area contributed by atoms with Crippen molar-refractivity contribution < 1.29 is 18.3 Å². The van der Waals surface area contributed by atoms with E-state index in [0.717, 1.165) is 46.5 Å². The van der Waals surface area contributed by atoms with Gasteiger partial charge in [-0.15, -0.1) is 0 Å². The number of amides is 1. The lowest BCUT2D eigenvalue weighted by Gasteiger charge is -2.36. The van der Waals surface area contributed by atoms with Gasteiger partial charge < -0.3 is 19.0 Å². The second-order valence-electron chi connectivity index (χ2n) is 9.73. The zero-order valence-corrected chi connectivity index (χ0v) is 20.1. The van der Waals surface area contributed by atoms with Gasteiger partial charge in [0.2, 0.25) is 0 Å². The molecule has 1 saturated heterocycles. The Bertz CT molecular complexity index is 1330. The van der Waals surface area contributed by atoms with E-state index in [0.29, 0.717) is 18.7 Å². The molecule has 4 aromatic rings. The Morgan fingerprint density at radius 3 is 2.26 bits per heavy atom. The Kier molecular flexibility index (Phi) is 5.93. The van der Waals surface area contributed by atoms with Crippen LogP contribution in [0.15, 0.2) is 71.5 Å². The number of hydrogen-bond donors (Lipinski definition) is 0. The molecule has 0 saturated carbocycles. The van der Waals surface area contributed by atoms with Crippen molar-refractivity contribution in [3.05, 3.63) is 72.9 Å². The molecule has 0 unspecified atom stereocenters. The molecule has 2 aromatic heterocycles. The van der Waals surface area contributed by atoms with Crippen molar-refractivity contribution in [3.63, 3.8) is 0 Å². The molecular weight excluding hydrogens is 445 g/mol. The lowest BCUT2D eigenvalue weighted by molar-refractivity contribution is 0.0240. The summed E-state index contributed by atoms with van der Waals surface area (Å²) in [6.45, 7) is 8.42. The minimum atomic E-state index is -0.486. The summed E-state index contributed by atoms with van der Waals surface area (Å²) in [5, 5.41) is 0. The predicted octanol–water partition coefficient (Wildman–Crippen LogP) is 6.36. The fourth-order valence-electron chi connectivity index (χ4n) is 4.25. The molecule has 0 radical (unpaired) electrons. The van der Waals surface area contributed by atoms with E-state index in [1.54, 1.807) is 23.3 Å². The van der Waals surface area contributed by atoms with E-state index in [-0.39, 0.29) is 11.9 Å². The van der Waals surface area contributed by atoms with Crippen molar-refractivity contribution >= 4 is 22.9 Å². The van der Waals surface area contributed by atoms with Gasteiger partial charge in [0.25, 0.3) is 0 Å². The summed E-state index contributed by atoms with van der Waals surface area (Å²) in [6, 6.07) is 16.6. The van der Waals surface area contributed by atoms with Crippen molar-refractivity contribution in [1.82, 2.24) is 9.88 Å². The average molecular weight is 474 g/mol. The van der Waals surface area contributed by atoms with Gasteiger partial charge in [-0.2, -0.15) is 0 Å². The highest BCUT2D eigenvalue weighted by molar-refractivity contribution is 5.92. The summed E-state index contributed by atoms with van der Waals surface area (Å²) in [6.07, 6.45) is 3.24. The zero-order chi connectivity index (χ0) is 24.6. The van der Waals surface area contributed by atoms with Crippen LogP contribution in [-0.2, 0) is 4.74 Å². The standard InChI is InChI=1S/C28H28FN3O3/c1-28(2,3)35-27(33)32-14-12-31(13-15-32)23-10-6-19(7-11-23)21-16-25-26(30-17-21)24(18-34-25)20-4-8-22(29)9-5-20/h4-11,16-18H,12-15H2,1-3H3. The Morgan fingerprint density at radius 1 is 0.943 bits per heavy atom. The highest BCUT2D eigenvalue weighted by atomic mass is 19.1. The average Bonchev–Trinajstić information content (AvgIpc) is 3.27. The molecule has 1 aliphatic heterocycles. The molecule has 180 valence electrons. The largest absolute Gasteiger partial charge is 0.462 e. The second kappa shape index (κ2) is 9.06. The van der Waals surface area contributed by atoms with Crippen LogP contribution in [0.1, 0.15) is 20.8 Å². The topological polar surface area (TPSA) is 58.8 Å². The highest BCUT2D eigenvalue weighted by Gasteiger charge is 2.26. The molecule has 3 heterocycles. The van der Waals surface area contributed by atoms with Crippen LogP contribution in [0.25, 0.3) is 33.4 Å². The number of nitrogens with zero attached hydrogens (tertiary/aromatic N) is 3. The van der Waals surface area contributed by atoms with Crippen LogP contribution in [-0.4, -0.2) is 47.8 Å². The Hall–Kier alpha value is -3.87. The van der Waals surface area contributed by atoms with E-state index in [4.69, 9.17) is 9.15 Å². The van der Waals surface area contributed by atoms with E-state index < -0.39 is 5.60 Å². The van der Waals surface area contributed by atoms with Gasteiger partial charge in [0.1, 0.15) is 23.2 Å². The van der Waals surface area contributed by atoms with Gasteiger partial charge >= 0.3 is 6.09 Å². The predicted molar refractivity (Wildman–Crippen MR) is 135 cm³/mol. The van der Waals surface area contributed by atoms with Gasteiger partial charge in [-0.05, 0) is 62.2 Å². The van der Waals surface area contributed by atoms with E-state index in [1.807, 2.05) is 33.0 Å². The minimum Gasteiger partial charge on any atom is -0.462 e. The van der Waals surface area contributed by atoms with Gasteiger partial charge in [-0.25, -0.2) is 9.18 Å². The van der Waals surface area contributed by atoms with Gasteiger partial charge in [0, 0.05) is 49.2 Å². The van der Waals surface area contributed by atoms with Crippen LogP contribution in [0.5, 0.6) is 0 Å². The first kappa shape index (κ1) is 22.9. The zero-order valence-electron chi connectivity index (χ0n) is 20.1. The molecule has 1 fully saturated rings. The van der Waals surface area contributed by atoms with Gasteiger partial charge in [0.15, 0.2) is 5.58 Å². The maximum absolute atomic E-state index is 13.3. The van der Waals surface area contributed by atoms with Gasteiger partial charge in [-0.1, -0.05) is 24.3 Å². The number of carbonyl (C=O) groups excluding carboxylic acids is 1. The van der Waals surface area contributed by atoms with Crippen LogP contribution >= 0.6 is 0 Å². The third kappa shape index (κ3) is 4.99. The lowest BCUT2D eigenvalue weighted by Crippen LogP contribution is -2.50. The van der Waals surface area contributed by atoms with Crippen molar-refractivity contribution in [2.45, 2.75) is 26.4 Å². The molecule has 0 N–H and O–H groups in total. The van der Waals surface area contributed by atoms with Gasteiger partial charge in [-0.3, -0.25) is 4.98 Å². The number of rotatable bonds is 3. The molecule has 1 amide bonds. The Labute approximate surface area is 203 Å². The van der Waals surface area contributed by atoms with E-state index in [1.165, 1.54) is 12.1 Å². The van der Waals surface area contributed by atoms with Crippen LogP contribution < -0.4 is 4.90 Å². The third-order valence-corrected chi connectivity index (χ3v) is 6.06. The maximum atomic E-state index is 13.3. The maximum Gasteiger partial charge on any atom is 0.410 e. The van der Waals surface area contributed by atoms with Crippen molar-refractivity contribution in [2.24, 2.45) is 0 Å². The molecule has 5 rings (SSSR count). The first-order valence-electron chi connectivity index (χ1n) is 11.7. The molecule has 0 spiro atoms. The number of halogens is 1. The number of benzene rings is 2. The molecule has 35 heavy (non-hydrogen) atoms. The molecule has 7 heteroatoms. The van der Waals surface area contributed by atoms with Crippen molar-refractivity contribution in [3.8, 4) is 22.3 Å². The van der Waals surface area contributed by atoms with E-state index in [9.17, 15) is 9.18 Å². The molecule has 0 aliphatic carbocycles. The molecule has 6 nitrogen and oxygen atoms in total. The highest BCUT2D eigenvalue weighted by Crippen LogP contribution is 2.32. The van der Waals surface area contributed by atoms with E-state index >= 15 is 0 Å². The number of aromatic nitrogens is 1.